The van der Waals surface area contributed by atoms with E-state index in [0.29, 0.717) is 19.3 Å². The largest absolute Gasteiger partial charge is 0.394 e. The van der Waals surface area contributed by atoms with Crippen LogP contribution in [0.3, 0.4) is 0 Å². The van der Waals surface area contributed by atoms with Gasteiger partial charge in [0.25, 0.3) is 0 Å². The second kappa shape index (κ2) is 36.0. The van der Waals surface area contributed by atoms with Crippen molar-refractivity contribution in [3.8, 4) is 0 Å². The Hall–Kier alpha value is -1.93. The van der Waals surface area contributed by atoms with Crippen LogP contribution < -0.4 is 5.32 Å². The van der Waals surface area contributed by atoms with Crippen molar-refractivity contribution in [1.82, 2.24) is 5.32 Å². The lowest BCUT2D eigenvalue weighted by molar-refractivity contribution is -0.303. The molecule has 0 spiro atoms. The van der Waals surface area contributed by atoms with Crippen LogP contribution in [0.1, 0.15) is 168 Å². The van der Waals surface area contributed by atoms with E-state index < -0.39 is 74.2 Å². The second-order valence-corrected chi connectivity index (χ2v) is 15.7. The summed E-state index contributed by atoms with van der Waals surface area (Å²) in [6, 6.07) is -1.20. The Morgan fingerprint density at radius 2 is 1.05 bits per heavy atom. The molecule has 1 heterocycles. The molecule has 0 saturated carbocycles. The third-order valence-electron chi connectivity index (χ3n) is 10.6. The number of unbranched alkanes of at least 4 members (excludes halogenated alkanes) is 16. The van der Waals surface area contributed by atoms with Gasteiger partial charge in [-0.2, -0.15) is 0 Å². The highest BCUT2D eigenvalue weighted by Gasteiger charge is 2.44. The fraction of sp³-hybridized carbons (Fsp3) is 0.804. The quantitative estimate of drug-likeness (QED) is 0.0242. The van der Waals surface area contributed by atoms with E-state index in [1.807, 2.05) is 0 Å². The van der Waals surface area contributed by atoms with Gasteiger partial charge < -0.3 is 50.5 Å². The van der Waals surface area contributed by atoms with Crippen LogP contribution in [0.25, 0.3) is 0 Å². The number of amides is 1. The van der Waals surface area contributed by atoms with Crippen LogP contribution in [0.2, 0.25) is 0 Å². The number of aliphatic hydroxyl groups excluding tert-OH is 7. The van der Waals surface area contributed by atoms with Crippen molar-refractivity contribution in [3.05, 3.63) is 48.6 Å². The molecule has 332 valence electrons. The summed E-state index contributed by atoms with van der Waals surface area (Å²) in [5.74, 6) is -0.733. The molecule has 1 amide bonds. The monoisotopic (exact) mass is 810 g/mol. The molecule has 0 bridgehead atoms. The molecule has 0 aliphatic carbocycles. The van der Waals surface area contributed by atoms with Crippen LogP contribution in [0.5, 0.6) is 0 Å². The molecular formula is C46H83NO10. The molecule has 57 heavy (non-hydrogen) atoms. The molecule has 0 radical (unpaired) electrons. The van der Waals surface area contributed by atoms with Crippen molar-refractivity contribution >= 4 is 5.91 Å². The number of ether oxygens (including phenoxy) is 2. The predicted molar refractivity (Wildman–Crippen MR) is 228 cm³/mol. The molecule has 1 aliphatic heterocycles. The minimum absolute atomic E-state index is 0.217. The molecule has 11 heteroatoms. The van der Waals surface area contributed by atoms with E-state index in [1.54, 1.807) is 0 Å². The second-order valence-electron chi connectivity index (χ2n) is 15.7. The van der Waals surface area contributed by atoms with Gasteiger partial charge in [-0.3, -0.25) is 4.79 Å². The van der Waals surface area contributed by atoms with E-state index in [9.17, 15) is 40.5 Å². The van der Waals surface area contributed by atoms with Crippen LogP contribution in [0.15, 0.2) is 48.6 Å². The maximum Gasteiger partial charge on any atom is 0.249 e. The van der Waals surface area contributed by atoms with Gasteiger partial charge in [-0.1, -0.05) is 127 Å². The lowest BCUT2D eigenvalue weighted by Gasteiger charge is -2.40. The number of rotatable bonds is 36. The highest BCUT2D eigenvalue weighted by atomic mass is 16.7. The van der Waals surface area contributed by atoms with E-state index in [4.69, 9.17) is 9.47 Å². The normalized spacial score (nSPS) is 22.6. The van der Waals surface area contributed by atoms with Crippen molar-refractivity contribution in [2.24, 2.45) is 0 Å². The molecule has 11 nitrogen and oxygen atoms in total. The Balaban J connectivity index is 2.53. The first-order chi connectivity index (χ1) is 27.7. The Labute approximate surface area is 345 Å². The van der Waals surface area contributed by atoms with Gasteiger partial charge in [0.1, 0.15) is 36.6 Å². The summed E-state index contributed by atoms with van der Waals surface area (Å²) in [6.45, 7) is 3.36. The molecule has 1 fully saturated rings. The fourth-order valence-corrected chi connectivity index (χ4v) is 6.76. The molecule has 0 aromatic heterocycles. The standard InChI is InChI=1S/C46H83NO10/c1-3-5-7-9-11-13-15-17-18-19-20-21-22-24-25-27-29-31-33-38(49)41(51)37(36-56-46-44(54)43(53)42(52)40(35-48)57-46)47-45(55)39(50)34-32-30-28-26-23-16-14-12-10-8-6-4-2/h15,17,20-21,23,25-27,37-44,46,48-54H,3-14,16,18-19,22,24,28-36H2,1-2H3,(H,47,55)/b17-15+,21-20+,26-23-,27-25+. The Morgan fingerprint density at radius 1 is 0.596 bits per heavy atom. The SMILES string of the molecule is CCCCCCC/C=C/CC/C=C/CC/C=C/CCCC(O)C(O)C(COC1OC(CO)C(O)C(O)C1O)NC(=O)C(O)CCCC/C=C\CCCCCCCC. The van der Waals surface area contributed by atoms with E-state index >= 15 is 0 Å². The number of aliphatic hydroxyl groups is 7. The van der Waals surface area contributed by atoms with Crippen LogP contribution in [-0.2, 0) is 14.3 Å². The first-order valence-corrected chi connectivity index (χ1v) is 22.5. The number of carbonyl (C=O) groups excluding carboxylic acids is 1. The van der Waals surface area contributed by atoms with Crippen molar-refractivity contribution in [2.75, 3.05) is 13.2 Å². The van der Waals surface area contributed by atoms with E-state index in [-0.39, 0.29) is 12.8 Å². The van der Waals surface area contributed by atoms with Gasteiger partial charge in [0.2, 0.25) is 5.91 Å². The van der Waals surface area contributed by atoms with Gasteiger partial charge in [0.15, 0.2) is 6.29 Å². The molecule has 8 N–H and O–H groups in total. The Kier molecular flexibility index (Phi) is 33.5. The summed E-state index contributed by atoms with van der Waals surface area (Å²) in [5.41, 5.74) is 0. The molecule has 1 rings (SSSR count). The summed E-state index contributed by atoms with van der Waals surface area (Å²) < 4.78 is 11.0. The van der Waals surface area contributed by atoms with Gasteiger partial charge in [0.05, 0.1) is 25.4 Å². The van der Waals surface area contributed by atoms with Crippen LogP contribution in [0, 0.1) is 0 Å². The summed E-state index contributed by atoms with van der Waals surface area (Å²) in [4.78, 5) is 13.0. The first-order valence-electron chi connectivity index (χ1n) is 22.5. The molecule has 0 aromatic carbocycles. The smallest absolute Gasteiger partial charge is 0.249 e. The zero-order chi connectivity index (χ0) is 41.9. The lowest BCUT2D eigenvalue weighted by Crippen LogP contribution is -2.60. The lowest BCUT2D eigenvalue weighted by atomic mass is 9.98. The van der Waals surface area contributed by atoms with E-state index in [1.165, 1.54) is 77.0 Å². The van der Waals surface area contributed by atoms with Crippen LogP contribution in [-0.4, -0.2) is 110 Å². The molecule has 1 saturated heterocycles. The van der Waals surface area contributed by atoms with Crippen molar-refractivity contribution in [1.29, 1.82) is 0 Å². The summed E-state index contributed by atoms with van der Waals surface area (Å²) in [6.07, 6.45) is 30.2. The molecule has 0 aromatic rings. The number of nitrogens with one attached hydrogen (secondary N) is 1. The third-order valence-corrected chi connectivity index (χ3v) is 10.6. The third kappa shape index (κ3) is 26.0. The number of hydrogen-bond donors (Lipinski definition) is 8. The summed E-state index contributed by atoms with van der Waals surface area (Å²) in [7, 11) is 0. The molecular weight excluding hydrogens is 727 g/mol. The fourth-order valence-electron chi connectivity index (χ4n) is 6.76. The van der Waals surface area contributed by atoms with Crippen molar-refractivity contribution in [3.63, 3.8) is 0 Å². The van der Waals surface area contributed by atoms with Crippen LogP contribution in [0.4, 0.5) is 0 Å². The predicted octanol–water partition coefficient (Wildman–Crippen LogP) is 7.00. The van der Waals surface area contributed by atoms with E-state index in [0.717, 1.165) is 44.9 Å². The maximum atomic E-state index is 13.0. The zero-order valence-corrected chi connectivity index (χ0v) is 35.6. The van der Waals surface area contributed by atoms with Crippen molar-refractivity contribution in [2.45, 2.75) is 223 Å². The van der Waals surface area contributed by atoms with Gasteiger partial charge in [-0.05, 0) is 89.9 Å². The molecule has 1 aliphatic rings. The topological polar surface area (TPSA) is 189 Å². The molecule has 9 atom stereocenters. The van der Waals surface area contributed by atoms with Gasteiger partial charge in [-0.15, -0.1) is 0 Å². The Morgan fingerprint density at radius 3 is 1.56 bits per heavy atom. The average molecular weight is 810 g/mol. The van der Waals surface area contributed by atoms with Crippen LogP contribution >= 0.6 is 0 Å². The number of carbonyl (C=O) groups is 1. The Bertz CT molecular complexity index is 1070. The number of allylic oxidation sites excluding steroid dienone is 8. The minimum atomic E-state index is -1.68. The summed E-state index contributed by atoms with van der Waals surface area (Å²) in [5, 5.41) is 75.5. The van der Waals surface area contributed by atoms with Gasteiger partial charge in [0, 0.05) is 0 Å². The highest BCUT2D eigenvalue weighted by molar-refractivity contribution is 5.80. The molecule has 9 unspecified atom stereocenters. The van der Waals surface area contributed by atoms with E-state index in [2.05, 4.69) is 67.8 Å². The minimum Gasteiger partial charge on any atom is -0.394 e. The maximum absolute atomic E-state index is 13.0. The summed E-state index contributed by atoms with van der Waals surface area (Å²) >= 11 is 0. The van der Waals surface area contributed by atoms with Gasteiger partial charge in [-0.25, -0.2) is 0 Å². The highest BCUT2D eigenvalue weighted by Crippen LogP contribution is 2.23. The number of hydrogen-bond acceptors (Lipinski definition) is 10. The zero-order valence-electron chi connectivity index (χ0n) is 35.6. The first kappa shape index (κ1) is 53.1. The average Bonchev–Trinajstić information content (AvgIpc) is 3.21. The van der Waals surface area contributed by atoms with Gasteiger partial charge >= 0.3 is 0 Å². The van der Waals surface area contributed by atoms with Crippen molar-refractivity contribution < 1.29 is 50.0 Å².